The van der Waals surface area contributed by atoms with Crippen molar-refractivity contribution in [3.8, 4) is 23.3 Å². The molecule has 0 aliphatic carbocycles. The van der Waals surface area contributed by atoms with Crippen molar-refractivity contribution in [1.82, 2.24) is 19.9 Å². The second-order valence-electron chi connectivity index (χ2n) is 6.66. The Morgan fingerprint density at radius 1 is 0.931 bits per heavy atom. The van der Waals surface area contributed by atoms with Crippen LogP contribution in [0.1, 0.15) is 12.8 Å². The second kappa shape index (κ2) is 8.34. The van der Waals surface area contributed by atoms with E-state index in [0.717, 1.165) is 36.1 Å². The molecule has 0 radical (unpaired) electrons. The maximum absolute atomic E-state index is 5.99. The molecule has 0 spiro atoms. The number of anilines is 1. The molecule has 1 atom stereocenters. The van der Waals surface area contributed by atoms with Gasteiger partial charge in [-0.25, -0.2) is 9.97 Å². The second-order valence-corrected chi connectivity index (χ2v) is 6.66. The average Bonchev–Trinajstić information content (AvgIpc) is 2.78. The molecule has 0 bridgehead atoms. The molecule has 9 nitrogen and oxygen atoms in total. The molecule has 2 aromatic heterocycles. The van der Waals surface area contributed by atoms with E-state index in [-0.39, 0.29) is 6.10 Å². The van der Waals surface area contributed by atoms with Gasteiger partial charge in [-0.05, 0) is 18.9 Å². The number of hydrogen-bond acceptors (Lipinski definition) is 9. The molecule has 29 heavy (non-hydrogen) atoms. The Morgan fingerprint density at radius 3 is 2.41 bits per heavy atom. The van der Waals surface area contributed by atoms with Crippen molar-refractivity contribution < 1.29 is 18.9 Å². The third kappa shape index (κ3) is 3.94. The Labute approximate surface area is 168 Å². The van der Waals surface area contributed by atoms with Gasteiger partial charge >= 0.3 is 6.01 Å². The fourth-order valence-corrected chi connectivity index (χ4v) is 3.47. The number of benzene rings is 1. The van der Waals surface area contributed by atoms with E-state index in [4.69, 9.17) is 18.9 Å². The van der Waals surface area contributed by atoms with Gasteiger partial charge in [0.15, 0.2) is 17.2 Å². The Morgan fingerprint density at radius 2 is 1.69 bits per heavy atom. The Hall–Kier alpha value is -3.36. The normalized spacial score (nSPS) is 16.5. The van der Waals surface area contributed by atoms with Crippen LogP contribution in [0.2, 0.25) is 0 Å². The van der Waals surface area contributed by atoms with Gasteiger partial charge in [0, 0.05) is 18.0 Å². The van der Waals surface area contributed by atoms with Gasteiger partial charge in [-0.1, -0.05) is 0 Å². The van der Waals surface area contributed by atoms with Crippen LogP contribution in [-0.4, -0.2) is 60.5 Å². The van der Waals surface area contributed by atoms with Crippen LogP contribution in [0.15, 0.2) is 30.9 Å². The molecule has 9 heteroatoms. The topological polar surface area (TPSA) is 91.7 Å². The largest absolute Gasteiger partial charge is 0.494 e. The first-order valence-corrected chi connectivity index (χ1v) is 9.36. The third-order valence-electron chi connectivity index (χ3n) is 4.91. The van der Waals surface area contributed by atoms with E-state index in [0.29, 0.717) is 29.8 Å². The molecule has 1 unspecified atom stereocenters. The Balaban J connectivity index is 1.58. The molecular formula is C20H23N5O4. The van der Waals surface area contributed by atoms with Crippen LogP contribution in [0.5, 0.6) is 23.3 Å². The first kappa shape index (κ1) is 19.0. The number of rotatable bonds is 6. The molecule has 1 aliphatic heterocycles. The summed E-state index contributed by atoms with van der Waals surface area (Å²) >= 11 is 0. The summed E-state index contributed by atoms with van der Waals surface area (Å²) in [6.45, 7) is 1.56. The minimum Gasteiger partial charge on any atom is -0.494 e. The van der Waals surface area contributed by atoms with Crippen LogP contribution < -0.4 is 23.8 Å². The highest BCUT2D eigenvalue weighted by Gasteiger charge is 2.25. The summed E-state index contributed by atoms with van der Waals surface area (Å²) in [7, 11) is 4.81. The lowest BCUT2D eigenvalue weighted by Crippen LogP contribution is -2.42. The standard InChI is InChI=1S/C20H23N5O4/c1-26-14-9-21-20(22-10-14)29-13-5-4-6-25(11-13)19-15-7-17(27-2)18(28-3)8-16(15)23-12-24-19/h7-10,12-13H,4-6,11H2,1-3H3. The highest BCUT2D eigenvalue weighted by Crippen LogP contribution is 2.35. The van der Waals surface area contributed by atoms with E-state index >= 15 is 0 Å². The lowest BCUT2D eigenvalue weighted by molar-refractivity contribution is 0.164. The van der Waals surface area contributed by atoms with E-state index < -0.39 is 0 Å². The highest BCUT2D eigenvalue weighted by atomic mass is 16.5. The van der Waals surface area contributed by atoms with E-state index in [1.54, 1.807) is 40.1 Å². The first-order chi connectivity index (χ1) is 14.2. The third-order valence-corrected chi connectivity index (χ3v) is 4.91. The summed E-state index contributed by atoms with van der Waals surface area (Å²) in [6, 6.07) is 4.12. The zero-order chi connectivity index (χ0) is 20.2. The minimum absolute atomic E-state index is 0.0395. The summed E-state index contributed by atoms with van der Waals surface area (Å²) in [4.78, 5) is 19.5. The van der Waals surface area contributed by atoms with Crippen LogP contribution in [0.25, 0.3) is 10.9 Å². The lowest BCUT2D eigenvalue weighted by Gasteiger charge is -2.33. The molecule has 3 heterocycles. The van der Waals surface area contributed by atoms with Crippen LogP contribution in [0.3, 0.4) is 0 Å². The number of ether oxygens (including phenoxy) is 4. The monoisotopic (exact) mass is 397 g/mol. The predicted octanol–water partition coefficient (Wildman–Crippen LogP) is 2.49. The van der Waals surface area contributed by atoms with E-state index in [1.165, 1.54) is 0 Å². The van der Waals surface area contributed by atoms with Crippen LogP contribution in [0.4, 0.5) is 5.82 Å². The van der Waals surface area contributed by atoms with Gasteiger partial charge in [-0.15, -0.1) is 0 Å². The summed E-state index contributed by atoms with van der Waals surface area (Å²) in [5.41, 5.74) is 0.800. The van der Waals surface area contributed by atoms with Gasteiger partial charge < -0.3 is 23.8 Å². The van der Waals surface area contributed by atoms with Gasteiger partial charge in [-0.3, -0.25) is 0 Å². The van der Waals surface area contributed by atoms with Gasteiger partial charge in [-0.2, -0.15) is 9.97 Å². The molecule has 1 saturated heterocycles. The average molecular weight is 397 g/mol. The summed E-state index contributed by atoms with van der Waals surface area (Å²) in [5.74, 6) is 2.73. The number of methoxy groups -OCH3 is 3. The highest BCUT2D eigenvalue weighted by molar-refractivity contribution is 5.92. The van der Waals surface area contributed by atoms with Crippen molar-refractivity contribution in [1.29, 1.82) is 0 Å². The molecule has 0 amide bonds. The number of fused-ring (bicyclic) bond motifs is 1. The zero-order valence-electron chi connectivity index (χ0n) is 16.7. The van der Waals surface area contributed by atoms with E-state index in [2.05, 4.69) is 24.8 Å². The SMILES string of the molecule is COc1cnc(OC2CCCN(c3ncnc4cc(OC)c(OC)cc34)C2)nc1. The lowest BCUT2D eigenvalue weighted by atomic mass is 10.1. The van der Waals surface area contributed by atoms with E-state index in [9.17, 15) is 0 Å². The molecule has 4 rings (SSSR count). The maximum atomic E-state index is 5.99. The zero-order valence-corrected chi connectivity index (χ0v) is 16.7. The van der Waals surface area contributed by atoms with Crippen molar-refractivity contribution in [2.24, 2.45) is 0 Å². The summed E-state index contributed by atoms with van der Waals surface area (Å²) < 4.78 is 21.9. The quantitative estimate of drug-likeness (QED) is 0.622. The smallest absolute Gasteiger partial charge is 0.316 e. The number of aromatic nitrogens is 4. The van der Waals surface area contributed by atoms with Gasteiger partial charge in [0.05, 0.1) is 45.8 Å². The molecule has 1 fully saturated rings. The van der Waals surface area contributed by atoms with E-state index in [1.807, 2.05) is 12.1 Å². The van der Waals surface area contributed by atoms with Crippen LogP contribution in [-0.2, 0) is 0 Å². The van der Waals surface area contributed by atoms with Crippen molar-refractivity contribution in [2.45, 2.75) is 18.9 Å². The summed E-state index contributed by atoms with van der Waals surface area (Å²) in [6.07, 6.45) is 6.62. The maximum Gasteiger partial charge on any atom is 0.316 e. The van der Waals surface area contributed by atoms with Crippen LogP contribution >= 0.6 is 0 Å². The Kier molecular flexibility index (Phi) is 5.46. The van der Waals surface area contributed by atoms with Crippen molar-refractivity contribution in [2.75, 3.05) is 39.3 Å². The molecule has 0 saturated carbocycles. The number of nitrogens with zero attached hydrogens (tertiary/aromatic N) is 5. The van der Waals surface area contributed by atoms with Gasteiger partial charge in [0.25, 0.3) is 0 Å². The number of hydrogen-bond donors (Lipinski definition) is 0. The van der Waals surface area contributed by atoms with Crippen molar-refractivity contribution in [3.05, 3.63) is 30.9 Å². The molecule has 152 valence electrons. The predicted molar refractivity (Wildman–Crippen MR) is 107 cm³/mol. The van der Waals surface area contributed by atoms with Gasteiger partial charge in [0.1, 0.15) is 18.2 Å². The fourth-order valence-electron chi connectivity index (χ4n) is 3.47. The van der Waals surface area contributed by atoms with Crippen molar-refractivity contribution in [3.63, 3.8) is 0 Å². The fraction of sp³-hybridized carbons (Fsp3) is 0.400. The molecule has 3 aromatic rings. The van der Waals surface area contributed by atoms with Gasteiger partial charge in [0.2, 0.25) is 0 Å². The summed E-state index contributed by atoms with van der Waals surface area (Å²) in [5, 5.41) is 0.909. The molecule has 1 aromatic carbocycles. The molecule has 0 N–H and O–H groups in total. The first-order valence-electron chi connectivity index (χ1n) is 9.36. The minimum atomic E-state index is -0.0395. The Bertz CT molecular complexity index is 983. The van der Waals surface area contributed by atoms with Crippen LogP contribution in [0, 0.1) is 0 Å². The van der Waals surface area contributed by atoms with Crippen molar-refractivity contribution >= 4 is 16.7 Å². The molecule has 1 aliphatic rings. The number of piperidine rings is 1. The molecular weight excluding hydrogens is 374 g/mol.